The van der Waals surface area contributed by atoms with E-state index in [1.165, 1.54) is 18.2 Å². The van der Waals surface area contributed by atoms with E-state index in [9.17, 15) is 13.6 Å². The molecule has 3 nitrogen and oxygen atoms in total. The van der Waals surface area contributed by atoms with Gasteiger partial charge in [-0.05, 0) is 30.7 Å². The molecular formula is C14H14F2N2O. The lowest BCUT2D eigenvalue weighted by atomic mass is 10.2. The smallest absolute Gasteiger partial charge is 0.250 e. The molecule has 0 amide bonds. The average molecular weight is 264 g/mol. The number of pyridine rings is 1. The van der Waals surface area contributed by atoms with Crippen LogP contribution < -0.4 is 10.9 Å². The van der Waals surface area contributed by atoms with Crippen molar-refractivity contribution in [2.75, 3.05) is 5.32 Å². The number of aryl methyl sites for hydroxylation is 1. The van der Waals surface area contributed by atoms with Crippen molar-refractivity contribution >= 4 is 5.69 Å². The van der Waals surface area contributed by atoms with Gasteiger partial charge in [0.2, 0.25) is 0 Å². The molecule has 19 heavy (non-hydrogen) atoms. The molecule has 0 radical (unpaired) electrons. The zero-order valence-corrected chi connectivity index (χ0v) is 10.5. The first kappa shape index (κ1) is 13.3. The van der Waals surface area contributed by atoms with E-state index in [-0.39, 0.29) is 12.1 Å². The minimum atomic E-state index is -0.602. The van der Waals surface area contributed by atoms with E-state index in [0.29, 0.717) is 12.1 Å². The van der Waals surface area contributed by atoms with Gasteiger partial charge in [0.1, 0.15) is 11.6 Å². The standard InChI is InChI=1S/C14H14F2N2O/c1-2-18-9-13(3-4-14(18)19)17-8-10-5-11(15)7-12(16)6-10/h3-7,9,17H,2,8H2,1H3. The van der Waals surface area contributed by atoms with E-state index >= 15 is 0 Å². The van der Waals surface area contributed by atoms with E-state index in [0.717, 1.165) is 11.8 Å². The van der Waals surface area contributed by atoms with Gasteiger partial charge in [0, 0.05) is 31.4 Å². The molecule has 0 unspecified atom stereocenters. The fourth-order valence-electron chi connectivity index (χ4n) is 1.80. The predicted molar refractivity (Wildman–Crippen MR) is 70.1 cm³/mol. The Kier molecular flexibility index (Phi) is 3.94. The molecule has 0 atom stereocenters. The molecule has 0 aliphatic carbocycles. The molecule has 0 bridgehead atoms. The van der Waals surface area contributed by atoms with Crippen LogP contribution in [0.5, 0.6) is 0 Å². The van der Waals surface area contributed by atoms with Gasteiger partial charge in [-0.25, -0.2) is 8.78 Å². The third kappa shape index (κ3) is 3.40. The molecule has 1 aromatic heterocycles. The molecule has 0 spiro atoms. The summed E-state index contributed by atoms with van der Waals surface area (Å²) in [7, 11) is 0. The van der Waals surface area contributed by atoms with Gasteiger partial charge >= 0.3 is 0 Å². The number of nitrogens with one attached hydrogen (secondary N) is 1. The van der Waals surface area contributed by atoms with E-state index in [1.807, 2.05) is 6.92 Å². The van der Waals surface area contributed by atoms with E-state index < -0.39 is 11.6 Å². The predicted octanol–water partition coefficient (Wildman–Crippen LogP) is 2.76. The zero-order valence-electron chi connectivity index (χ0n) is 10.5. The second-order valence-corrected chi connectivity index (χ2v) is 4.17. The largest absolute Gasteiger partial charge is 0.380 e. The van der Waals surface area contributed by atoms with Gasteiger partial charge in [-0.15, -0.1) is 0 Å². The third-order valence-corrected chi connectivity index (χ3v) is 2.74. The highest BCUT2D eigenvalue weighted by atomic mass is 19.1. The molecule has 1 aromatic carbocycles. The van der Waals surface area contributed by atoms with Crippen LogP contribution in [-0.4, -0.2) is 4.57 Å². The topological polar surface area (TPSA) is 34.0 Å². The van der Waals surface area contributed by atoms with Crippen molar-refractivity contribution in [1.82, 2.24) is 4.57 Å². The molecule has 1 heterocycles. The van der Waals surface area contributed by atoms with Crippen LogP contribution in [0.1, 0.15) is 12.5 Å². The van der Waals surface area contributed by atoms with Crippen LogP contribution in [-0.2, 0) is 13.1 Å². The van der Waals surface area contributed by atoms with Gasteiger partial charge in [0.05, 0.1) is 5.69 Å². The number of benzene rings is 1. The lowest BCUT2D eigenvalue weighted by molar-refractivity contribution is 0.580. The average Bonchev–Trinajstić information content (AvgIpc) is 2.36. The fraction of sp³-hybridized carbons (Fsp3) is 0.214. The molecule has 0 saturated heterocycles. The van der Waals surface area contributed by atoms with Crippen molar-refractivity contribution in [2.24, 2.45) is 0 Å². The van der Waals surface area contributed by atoms with Crippen molar-refractivity contribution < 1.29 is 8.78 Å². The summed E-state index contributed by atoms with van der Waals surface area (Å²) in [6.45, 7) is 2.73. The number of rotatable bonds is 4. The second kappa shape index (κ2) is 5.65. The first-order valence-corrected chi connectivity index (χ1v) is 5.98. The summed E-state index contributed by atoms with van der Waals surface area (Å²) >= 11 is 0. The Labute approximate surface area is 109 Å². The van der Waals surface area contributed by atoms with Crippen LogP contribution >= 0.6 is 0 Å². The number of hydrogen-bond donors (Lipinski definition) is 1. The van der Waals surface area contributed by atoms with E-state index in [2.05, 4.69) is 5.32 Å². The maximum atomic E-state index is 13.0. The van der Waals surface area contributed by atoms with Crippen LogP contribution in [0, 0.1) is 11.6 Å². The first-order chi connectivity index (χ1) is 9.08. The Morgan fingerprint density at radius 1 is 1.16 bits per heavy atom. The Hall–Kier alpha value is -2.17. The van der Waals surface area contributed by atoms with E-state index in [4.69, 9.17) is 0 Å². The van der Waals surface area contributed by atoms with Gasteiger partial charge in [-0.1, -0.05) is 0 Å². The number of hydrogen-bond acceptors (Lipinski definition) is 2. The number of anilines is 1. The van der Waals surface area contributed by atoms with Crippen molar-refractivity contribution in [2.45, 2.75) is 20.0 Å². The summed E-state index contributed by atoms with van der Waals surface area (Å²) in [5, 5.41) is 3.02. The van der Waals surface area contributed by atoms with E-state index in [1.54, 1.807) is 16.8 Å². The van der Waals surface area contributed by atoms with Crippen molar-refractivity contribution in [1.29, 1.82) is 0 Å². The molecule has 0 aliphatic rings. The van der Waals surface area contributed by atoms with Gasteiger partial charge in [0.25, 0.3) is 5.56 Å². The zero-order chi connectivity index (χ0) is 13.8. The SMILES string of the molecule is CCn1cc(NCc2cc(F)cc(F)c2)ccc1=O. The summed E-state index contributed by atoms with van der Waals surface area (Å²) in [5.74, 6) is -1.20. The first-order valence-electron chi connectivity index (χ1n) is 5.98. The Morgan fingerprint density at radius 2 is 1.84 bits per heavy atom. The Morgan fingerprint density at radius 3 is 2.47 bits per heavy atom. The quantitative estimate of drug-likeness (QED) is 0.921. The summed E-state index contributed by atoms with van der Waals surface area (Å²) in [6.07, 6.45) is 1.68. The summed E-state index contributed by atoms with van der Waals surface area (Å²) in [4.78, 5) is 11.4. The number of aromatic nitrogens is 1. The normalized spacial score (nSPS) is 10.5. The molecule has 1 N–H and O–H groups in total. The van der Waals surface area contributed by atoms with Crippen molar-refractivity contribution in [3.05, 3.63) is 64.1 Å². The van der Waals surface area contributed by atoms with Crippen LogP contribution in [0.15, 0.2) is 41.3 Å². The molecule has 2 rings (SSSR count). The monoisotopic (exact) mass is 264 g/mol. The summed E-state index contributed by atoms with van der Waals surface area (Å²) in [6, 6.07) is 6.47. The van der Waals surface area contributed by atoms with Crippen LogP contribution in [0.25, 0.3) is 0 Å². The summed E-state index contributed by atoms with van der Waals surface area (Å²) < 4.78 is 27.6. The highest BCUT2D eigenvalue weighted by Crippen LogP contribution is 2.11. The van der Waals surface area contributed by atoms with Crippen LogP contribution in [0.3, 0.4) is 0 Å². The van der Waals surface area contributed by atoms with Gasteiger partial charge < -0.3 is 9.88 Å². The number of nitrogens with zero attached hydrogens (tertiary/aromatic N) is 1. The lowest BCUT2D eigenvalue weighted by Gasteiger charge is -2.09. The van der Waals surface area contributed by atoms with Gasteiger partial charge in [-0.3, -0.25) is 4.79 Å². The Bertz CT molecular complexity index is 617. The van der Waals surface area contributed by atoms with Gasteiger partial charge in [-0.2, -0.15) is 0 Å². The molecular weight excluding hydrogens is 250 g/mol. The highest BCUT2D eigenvalue weighted by Gasteiger charge is 2.01. The molecule has 5 heteroatoms. The molecule has 100 valence electrons. The van der Waals surface area contributed by atoms with Gasteiger partial charge in [0.15, 0.2) is 0 Å². The number of halogens is 2. The van der Waals surface area contributed by atoms with Crippen molar-refractivity contribution in [3.8, 4) is 0 Å². The minimum absolute atomic E-state index is 0.0788. The fourth-order valence-corrected chi connectivity index (χ4v) is 1.80. The summed E-state index contributed by atoms with van der Waals surface area (Å²) in [5.41, 5.74) is 1.16. The maximum absolute atomic E-state index is 13.0. The highest BCUT2D eigenvalue weighted by molar-refractivity contribution is 5.41. The van der Waals surface area contributed by atoms with Crippen LogP contribution in [0.2, 0.25) is 0 Å². The third-order valence-electron chi connectivity index (χ3n) is 2.74. The minimum Gasteiger partial charge on any atom is -0.380 e. The molecule has 2 aromatic rings. The Balaban J connectivity index is 2.12. The molecule has 0 aliphatic heterocycles. The molecule has 0 fully saturated rings. The second-order valence-electron chi connectivity index (χ2n) is 4.17. The van der Waals surface area contributed by atoms with Crippen molar-refractivity contribution in [3.63, 3.8) is 0 Å². The molecule has 0 saturated carbocycles. The van der Waals surface area contributed by atoms with Crippen LogP contribution in [0.4, 0.5) is 14.5 Å². The maximum Gasteiger partial charge on any atom is 0.250 e. The lowest BCUT2D eigenvalue weighted by Crippen LogP contribution is -2.17.